The van der Waals surface area contributed by atoms with Crippen LogP contribution in [-0.2, 0) is 11.2 Å². The Hall–Kier alpha value is -1.82. The number of nitrogens with one attached hydrogen (secondary N) is 1. The Kier molecular flexibility index (Phi) is 6.43. The lowest BCUT2D eigenvalue weighted by molar-refractivity contribution is -0.119. The largest absolute Gasteiger partial charge is 0.341 e. The van der Waals surface area contributed by atoms with E-state index in [0.717, 1.165) is 18.4 Å². The van der Waals surface area contributed by atoms with Crippen LogP contribution in [0.5, 0.6) is 0 Å². The molecule has 0 saturated carbocycles. The monoisotopic (exact) mass is 347 g/mol. The van der Waals surface area contributed by atoms with Crippen molar-refractivity contribution < 1.29 is 9.32 Å². The lowest BCUT2D eigenvalue weighted by Crippen LogP contribution is -2.32. The van der Waals surface area contributed by atoms with Crippen LogP contribution >= 0.6 is 11.8 Å². The van der Waals surface area contributed by atoms with E-state index >= 15 is 0 Å². The van der Waals surface area contributed by atoms with E-state index in [9.17, 15) is 4.79 Å². The van der Waals surface area contributed by atoms with Crippen LogP contribution < -0.4 is 5.32 Å². The molecular formula is C18H25N3O2S. The molecule has 2 aromatic rings. The van der Waals surface area contributed by atoms with E-state index < -0.39 is 6.04 Å². The van der Waals surface area contributed by atoms with Gasteiger partial charge in [0.05, 0.1) is 5.75 Å². The third-order valence-corrected chi connectivity index (χ3v) is 4.55. The van der Waals surface area contributed by atoms with Gasteiger partial charge in [-0.25, -0.2) is 0 Å². The predicted octanol–water partition coefficient (Wildman–Crippen LogP) is 3.76. The molecule has 1 aromatic heterocycles. The third kappa shape index (κ3) is 5.67. The van der Waals surface area contributed by atoms with Gasteiger partial charge in [0.2, 0.25) is 11.8 Å². The average Bonchev–Trinajstić information content (AvgIpc) is 2.99. The Labute approximate surface area is 147 Å². The van der Waals surface area contributed by atoms with Crippen LogP contribution in [0.1, 0.15) is 57.4 Å². The number of thioether (sulfide) groups is 1. The quantitative estimate of drug-likeness (QED) is 0.826. The maximum atomic E-state index is 12.4. The van der Waals surface area contributed by atoms with Gasteiger partial charge in [0.1, 0.15) is 6.04 Å². The van der Waals surface area contributed by atoms with Gasteiger partial charge in [0, 0.05) is 11.2 Å². The first-order chi connectivity index (χ1) is 11.4. The van der Waals surface area contributed by atoms with Gasteiger partial charge in [-0.15, -0.1) is 11.8 Å². The number of rotatable bonds is 7. The highest BCUT2D eigenvalue weighted by molar-refractivity contribution is 8.01. The molecule has 0 fully saturated rings. The van der Waals surface area contributed by atoms with Crippen LogP contribution in [0.3, 0.4) is 0 Å². The fourth-order valence-electron chi connectivity index (χ4n) is 2.13. The van der Waals surface area contributed by atoms with Gasteiger partial charge in [-0.05, 0) is 12.0 Å². The highest BCUT2D eigenvalue weighted by Gasteiger charge is 2.23. The number of carbonyl (C=O) groups is 1. The molecule has 2 rings (SSSR count). The van der Waals surface area contributed by atoms with Crippen molar-refractivity contribution in [3.8, 4) is 0 Å². The first-order valence-corrected chi connectivity index (χ1v) is 9.18. The number of benzene rings is 1. The van der Waals surface area contributed by atoms with Crippen LogP contribution in [0.15, 0.2) is 34.9 Å². The third-order valence-electron chi connectivity index (χ3n) is 3.28. The summed E-state index contributed by atoms with van der Waals surface area (Å²) in [6, 6.07) is 9.33. The van der Waals surface area contributed by atoms with Crippen LogP contribution in [0, 0.1) is 0 Å². The maximum absolute atomic E-state index is 12.4. The second-order valence-electron chi connectivity index (χ2n) is 6.61. The van der Waals surface area contributed by atoms with Gasteiger partial charge in [-0.2, -0.15) is 4.98 Å². The van der Waals surface area contributed by atoms with E-state index in [-0.39, 0.29) is 10.7 Å². The number of carbonyl (C=O) groups excluding carboxylic acids is 1. The van der Waals surface area contributed by atoms with E-state index in [0.29, 0.717) is 17.5 Å². The summed E-state index contributed by atoms with van der Waals surface area (Å²) in [5.41, 5.74) is 0.940. The molecule has 0 aliphatic heterocycles. The SMILES string of the molecule is CCCc1nc([C@@H](NC(=O)CSC(C)(C)C)c2ccccc2)no1. The summed E-state index contributed by atoms with van der Waals surface area (Å²) in [5.74, 6) is 1.46. The van der Waals surface area contributed by atoms with Gasteiger partial charge in [-0.3, -0.25) is 4.79 Å². The van der Waals surface area contributed by atoms with E-state index in [1.807, 2.05) is 30.3 Å². The summed E-state index contributed by atoms with van der Waals surface area (Å²) in [5, 5.41) is 7.10. The van der Waals surface area contributed by atoms with Gasteiger partial charge in [0.25, 0.3) is 0 Å². The second kappa shape index (κ2) is 8.33. The van der Waals surface area contributed by atoms with Crippen LogP contribution in [0.4, 0.5) is 0 Å². The number of aromatic nitrogens is 2. The first-order valence-electron chi connectivity index (χ1n) is 8.20. The number of hydrogen-bond acceptors (Lipinski definition) is 5. The minimum Gasteiger partial charge on any atom is -0.341 e. The lowest BCUT2D eigenvalue weighted by Gasteiger charge is -2.19. The molecule has 1 aromatic carbocycles. The van der Waals surface area contributed by atoms with E-state index in [1.54, 1.807) is 11.8 Å². The molecule has 1 N–H and O–H groups in total. The van der Waals surface area contributed by atoms with Crippen LogP contribution in [0.2, 0.25) is 0 Å². The zero-order chi connectivity index (χ0) is 17.6. The fraction of sp³-hybridized carbons (Fsp3) is 0.500. The smallest absolute Gasteiger partial charge is 0.230 e. The zero-order valence-electron chi connectivity index (χ0n) is 14.7. The molecule has 0 bridgehead atoms. The molecule has 0 saturated heterocycles. The highest BCUT2D eigenvalue weighted by atomic mass is 32.2. The Morgan fingerprint density at radius 2 is 2.00 bits per heavy atom. The van der Waals surface area contributed by atoms with Crippen molar-refractivity contribution >= 4 is 17.7 Å². The summed E-state index contributed by atoms with van der Waals surface area (Å²) in [7, 11) is 0. The zero-order valence-corrected chi connectivity index (χ0v) is 15.5. The summed E-state index contributed by atoms with van der Waals surface area (Å²) < 4.78 is 5.33. The highest BCUT2D eigenvalue weighted by Crippen LogP contribution is 2.24. The molecule has 1 amide bonds. The molecule has 5 nitrogen and oxygen atoms in total. The van der Waals surface area contributed by atoms with E-state index in [4.69, 9.17) is 4.52 Å². The minimum atomic E-state index is -0.395. The molecule has 130 valence electrons. The number of aryl methyl sites for hydroxylation is 1. The summed E-state index contributed by atoms with van der Waals surface area (Å²) in [6.07, 6.45) is 1.68. The van der Waals surface area contributed by atoms with Crippen molar-refractivity contribution in [3.05, 3.63) is 47.6 Å². The molecular weight excluding hydrogens is 322 g/mol. The van der Waals surface area contributed by atoms with Crippen molar-refractivity contribution in [2.75, 3.05) is 5.75 Å². The van der Waals surface area contributed by atoms with E-state index in [1.165, 1.54) is 0 Å². The van der Waals surface area contributed by atoms with Gasteiger partial charge >= 0.3 is 0 Å². The molecule has 24 heavy (non-hydrogen) atoms. The molecule has 1 heterocycles. The van der Waals surface area contributed by atoms with Gasteiger partial charge in [-0.1, -0.05) is 63.2 Å². The van der Waals surface area contributed by atoms with Crippen molar-refractivity contribution in [1.82, 2.24) is 15.5 Å². The molecule has 1 atom stereocenters. The Bertz CT molecular complexity index is 650. The molecule has 0 aliphatic rings. The summed E-state index contributed by atoms with van der Waals surface area (Å²) >= 11 is 1.61. The summed E-state index contributed by atoms with van der Waals surface area (Å²) in [6.45, 7) is 8.34. The molecule has 6 heteroatoms. The van der Waals surface area contributed by atoms with Crippen molar-refractivity contribution in [2.45, 2.75) is 51.3 Å². The Balaban J connectivity index is 2.16. The standard InChI is InChI=1S/C18H25N3O2S/c1-5-9-15-20-17(21-23-15)16(13-10-7-6-8-11-13)19-14(22)12-24-18(2,3)4/h6-8,10-11,16H,5,9,12H2,1-4H3,(H,19,22)/t16-/m0/s1. The number of amides is 1. The predicted molar refractivity (Wildman–Crippen MR) is 96.9 cm³/mol. The summed E-state index contributed by atoms with van der Waals surface area (Å²) in [4.78, 5) is 16.8. The Morgan fingerprint density at radius 1 is 1.29 bits per heavy atom. The van der Waals surface area contributed by atoms with Crippen LogP contribution in [-0.4, -0.2) is 26.5 Å². The Morgan fingerprint density at radius 3 is 2.62 bits per heavy atom. The molecule has 0 radical (unpaired) electrons. The van der Waals surface area contributed by atoms with Crippen molar-refractivity contribution in [2.24, 2.45) is 0 Å². The second-order valence-corrected chi connectivity index (χ2v) is 8.41. The first kappa shape index (κ1) is 18.5. The molecule has 0 spiro atoms. The van der Waals surface area contributed by atoms with Gasteiger partial charge < -0.3 is 9.84 Å². The maximum Gasteiger partial charge on any atom is 0.230 e. The minimum absolute atomic E-state index is 0.0365. The lowest BCUT2D eigenvalue weighted by atomic mass is 10.1. The van der Waals surface area contributed by atoms with Crippen LogP contribution in [0.25, 0.3) is 0 Å². The fourth-order valence-corrected chi connectivity index (χ4v) is 2.78. The molecule has 0 unspecified atom stereocenters. The number of hydrogen-bond donors (Lipinski definition) is 1. The van der Waals surface area contributed by atoms with Gasteiger partial charge in [0.15, 0.2) is 5.82 Å². The topological polar surface area (TPSA) is 68.0 Å². The van der Waals surface area contributed by atoms with Crippen molar-refractivity contribution in [1.29, 1.82) is 0 Å². The molecule has 0 aliphatic carbocycles. The number of nitrogens with zero attached hydrogens (tertiary/aromatic N) is 2. The van der Waals surface area contributed by atoms with E-state index in [2.05, 4.69) is 43.2 Å². The normalized spacial score (nSPS) is 12.8. The van der Waals surface area contributed by atoms with Crippen molar-refractivity contribution in [3.63, 3.8) is 0 Å². The average molecular weight is 347 g/mol.